The Balaban J connectivity index is 1.95. The quantitative estimate of drug-likeness (QED) is 0.416. The highest BCUT2D eigenvalue weighted by atomic mass is 35.5. The molecule has 24 heavy (non-hydrogen) atoms. The Labute approximate surface area is 139 Å². The van der Waals surface area contributed by atoms with Gasteiger partial charge in [-0.1, -0.05) is 17.7 Å². The number of fused-ring (bicyclic) bond motifs is 1. The Morgan fingerprint density at radius 2 is 2.04 bits per heavy atom. The molecular formula is C15H9ClN4O4. The fourth-order valence-electron chi connectivity index (χ4n) is 2.14. The topological polar surface area (TPSA) is 121 Å². The number of benzene rings is 2. The van der Waals surface area contributed by atoms with Crippen molar-refractivity contribution in [2.45, 2.75) is 0 Å². The summed E-state index contributed by atoms with van der Waals surface area (Å²) in [4.78, 5) is 24.8. The van der Waals surface area contributed by atoms with Gasteiger partial charge < -0.3 is 10.1 Å². The minimum Gasteiger partial charge on any atom is -0.493 e. The van der Waals surface area contributed by atoms with Crippen molar-refractivity contribution in [1.29, 1.82) is 0 Å². The second-order valence-corrected chi connectivity index (χ2v) is 5.26. The van der Waals surface area contributed by atoms with Crippen LogP contribution in [0.15, 0.2) is 52.7 Å². The number of aromatic nitrogens is 1. The van der Waals surface area contributed by atoms with Crippen LogP contribution in [0.1, 0.15) is 10.4 Å². The van der Waals surface area contributed by atoms with E-state index in [9.17, 15) is 20.0 Å². The van der Waals surface area contributed by atoms with E-state index >= 15 is 0 Å². The fourth-order valence-corrected chi connectivity index (χ4v) is 2.31. The second-order valence-electron chi connectivity index (χ2n) is 4.82. The average Bonchev–Trinajstić information content (AvgIpc) is 2.87. The number of hydrogen-bond acceptors (Lipinski definition) is 5. The summed E-state index contributed by atoms with van der Waals surface area (Å²) >= 11 is 5.91. The second kappa shape index (κ2) is 6.09. The molecule has 0 saturated heterocycles. The minimum atomic E-state index is -0.769. The van der Waals surface area contributed by atoms with Gasteiger partial charge in [-0.2, -0.15) is 0 Å². The summed E-state index contributed by atoms with van der Waals surface area (Å²) in [7, 11) is 0. The van der Waals surface area contributed by atoms with Gasteiger partial charge in [0.1, 0.15) is 0 Å². The van der Waals surface area contributed by atoms with Crippen molar-refractivity contribution in [2.24, 2.45) is 10.2 Å². The van der Waals surface area contributed by atoms with Gasteiger partial charge in [-0.05, 0) is 24.3 Å². The van der Waals surface area contributed by atoms with Crippen molar-refractivity contribution < 1.29 is 14.8 Å². The number of halogens is 1. The van der Waals surface area contributed by atoms with E-state index in [4.69, 9.17) is 11.6 Å². The molecule has 1 aromatic heterocycles. The SMILES string of the molecule is O=C(N=Nc1c(O)[nH]c2ccc(Cl)cc12)c1cccc([N+](=O)[O-])c1. The minimum absolute atomic E-state index is 0.0188. The number of hydrogen-bond donors (Lipinski definition) is 2. The lowest BCUT2D eigenvalue weighted by Gasteiger charge is -1.95. The number of H-pyrrole nitrogens is 1. The number of nitrogens with one attached hydrogen (secondary N) is 1. The number of carbonyl (C=O) groups is 1. The van der Waals surface area contributed by atoms with Crippen LogP contribution >= 0.6 is 11.6 Å². The first-order chi connectivity index (χ1) is 11.5. The molecule has 0 radical (unpaired) electrons. The van der Waals surface area contributed by atoms with Gasteiger partial charge in [0.2, 0.25) is 5.88 Å². The van der Waals surface area contributed by atoms with Crippen molar-refractivity contribution in [3.63, 3.8) is 0 Å². The number of nitrogens with zero attached hydrogens (tertiary/aromatic N) is 3. The molecule has 2 aromatic carbocycles. The van der Waals surface area contributed by atoms with Gasteiger partial charge in [0.05, 0.1) is 16.0 Å². The van der Waals surface area contributed by atoms with E-state index in [0.717, 1.165) is 6.07 Å². The van der Waals surface area contributed by atoms with Crippen LogP contribution in [-0.2, 0) is 0 Å². The monoisotopic (exact) mass is 344 g/mol. The van der Waals surface area contributed by atoms with Gasteiger partial charge >= 0.3 is 0 Å². The Hall–Kier alpha value is -3.26. The molecule has 0 aliphatic rings. The van der Waals surface area contributed by atoms with E-state index in [2.05, 4.69) is 15.2 Å². The number of non-ortho nitro benzene ring substituents is 1. The zero-order valence-corrected chi connectivity index (χ0v) is 12.7. The van der Waals surface area contributed by atoms with E-state index in [-0.39, 0.29) is 22.8 Å². The Kier molecular flexibility index (Phi) is 3.97. The number of rotatable bonds is 3. The normalized spacial score (nSPS) is 11.2. The van der Waals surface area contributed by atoms with Gasteiger partial charge in [0, 0.05) is 22.5 Å². The van der Waals surface area contributed by atoms with Crippen molar-refractivity contribution >= 4 is 39.8 Å². The van der Waals surface area contributed by atoms with E-state index < -0.39 is 10.8 Å². The molecule has 0 fully saturated rings. The summed E-state index contributed by atoms with van der Waals surface area (Å²) in [6.45, 7) is 0. The van der Waals surface area contributed by atoms with E-state index in [1.165, 1.54) is 18.2 Å². The van der Waals surface area contributed by atoms with Crippen molar-refractivity contribution in [2.75, 3.05) is 0 Å². The van der Waals surface area contributed by atoms with Gasteiger partial charge in [-0.3, -0.25) is 14.9 Å². The highest BCUT2D eigenvalue weighted by Crippen LogP contribution is 2.36. The molecule has 9 heteroatoms. The third kappa shape index (κ3) is 2.95. The van der Waals surface area contributed by atoms with Crippen LogP contribution in [0.5, 0.6) is 5.88 Å². The molecule has 0 spiro atoms. The first-order valence-electron chi connectivity index (χ1n) is 6.66. The van der Waals surface area contributed by atoms with Gasteiger partial charge in [-0.15, -0.1) is 10.2 Å². The van der Waals surface area contributed by atoms with Gasteiger partial charge in [-0.25, -0.2) is 0 Å². The molecule has 1 heterocycles. The maximum atomic E-state index is 12.0. The Morgan fingerprint density at radius 3 is 2.79 bits per heavy atom. The third-order valence-corrected chi connectivity index (χ3v) is 3.49. The maximum absolute atomic E-state index is 12.0. The van der Waals surface area contributed by atoms with Crippen molar-refractivity contribution in [1.82, 2.24) is 4.98 Å². The summed E-state index contributed by atoms with van der Waals surface area (Å²) in [5.74, 6) is -1.03. The van der Waals surface area contributed by atoms with Crippen LogP contribution in [0.2, 0.25) is 5.02 Å². The van der Waals surface area contributed by atoms with Crippen LogP contribution in [-0.4, -0.2) is 20.9 Å². The largest absolute Gasteiger partial charge is 0.493 e. The molecule has 0 atom stereocenters. The molecular weight excluding hydrogens is 336 g/mol. The zero-order valence-electron chi connectivity index (χ0n) is 11.9. The molecule has 8 nitrogen and oxygen atoms in total. The third-order valence-electron chi connectivity index (χ3n) is 3.26. The van der Waals surface area contributed by atoms with Crippen molar-refractivity contribution in [3.8, 4) is 5.88 Å². The number of carbonyl (C=O) groups excluding carboxylic acids is 1. The standard InChI is InChI=1S/C15H9ClN4O4/c16-9-4-5-12-11(7-9)13(15(22)17-12)18-19-14(21)8-2-1-3-10(6-8)20(23)24/h1-7,17,22H. The van der Waals surface area contributed by atoms with Crippen LogP contribution < -0.4 is 0 Å². The zero-order chi connectivity index (χ0) is 17.3. The molecule has 0 aliphatic heterocycles. The molecule has 3 rings (SSSR count). The summed E-state index contributed by atoms with van der Waals surface area (Å²) in [6.07, 6.45) is 0. The predicted molar refractivity (Wildman–Crippen MR) is 86.9 cm³/mol. The summed E-state index contributed by atoms with van der Waals surface area (Å²) in [5, 5.41) is 28.8. The summed E-state index contributed by atoms with van der Waals surface area (Å²) in [5.41, 5.74) is 0.433. The number of amides is 1. The number of azo groups is 1. The number of nitro groups is 1. The maximum Gasteiger partial charge on any atom is 0.295 e. The van der Waals surface area contributed by atoms with Crippen LogP contribution in [0, 0.1) is 10.1 Å². The molecule has 2 N–H and O–H groups in total. The first-order valence-corrected chi connectivity index (χ1v) is 7.04. The lowest BCUT2D eigenvalue weighted by Crippen LogP contribution is -1.95. The van der Waals surface area contributed by atoms with Gasteiger partial charge in [0.15, 0.2) is 5.69 Å². The van der Waals surface area contributed by atoms with Gasteiger partial charge in [0.25, 0.3) is 11.6 Å². The molecule has 0 bridgehead atoms. The summed E-state index contributed by atoms with van der Waals surface area (Å²) in [6, 6.07) is 9.99. The smallest absolute Gasteiger partial charge is 0.295 e. The lowest BCUT2D eigenvalue weighted by atomic mass is 10.2. The summed E-state index contributed by atoms with van der Waals surface area (Å²) < 4.78 is 0. The van der Waals surface area contributed by atoms with Crippen molar-refractivity contribution in [3.05, 3.63) is 63.2 Å². The molecule has 0 saturated carbocycles. The molecule has 0 unspecified atom stereocenters. The lowest BCUT2D eigenvalue weighted by molar-refractivity contribution is -0.384. The van der Waals surface area contributed by atoms with Crippen LogP contribution in [0.25, 0.3) is 10.9 Å². The number of nitro benzene ring substituents is 1. The number of aromatic hydroxyl groups is 1. The Bertz CT molecular complexity index is 996. The van der Waals surface area contributed by atoms with Crippen LogP contribution in [0.3, 0.4) is 0 Å². The fraction of sp³-hybridized carbons (Fsp3) is 0. The molecule has 0 aliphatic carbocycles. The van der Waals surface area contributed by atoms with E-state index in [1.54, 1.807) is 18.2 Å². The Morgan fingerprint density at radius 1 is 1.25 bits per heavy atom. The predicted octanol–water partition coefficient (Wildman–Crippen LogP) is 4.36. The highest BCUT2D eigenvalue weighted by Gasteiger charge is 2.14. The molecule has 1 amide bonds. The van der Waals surface area contributed by atoms with Crippen LogP contribution in [0.4, 0.5) is 11.4 Å². The average molecular weight is 345 g/mol. The number of aromatic amines is 1. The first kappa shape index (κ1) is 15.6. The molecule has 3 aromatic rings. The van der Waals surface area contributed by atoms with E-state index in [0.29, 0.717) is 15.9 Å². The van der Waals surface area contributed by atoms with E-state index in [1.807, 2.05) is 0 Å². The molecule has 120 valence electrons. The highest BCUT2D eigenvalue weighted by molar-refractivity contribution is 6.31.